The molecule has 0 aliphatic carbocycles. The Labute approximate surface area is 114 Å². The lowest BCUT2D eigenvalue weighted by Crippen LogP contribution is -2.25. The van der Waals surface area contributed by atoms with Gasteiger partial charge in [-0.15, -0.1) is 11.3 Å². The maximum Gasteiger partial charge on any atom is 0.0930 e. The molecule has 0 bridgehead atoms. The van der Waals surface area contributed by atoms with Crippen molar-refractivity contribution in [1.82, 2.24) is 9.88 Å². The smallest absolute Gasteiger partial charge is 0.0930 e. The van der Waals surface area contributed by atoms with Crippen LogP contribution >= 0.6 is 11.3 Å². The van der Waals surface area contributed by atoms with Gasteiger partial charge in [-0.05, 0) is 25.3 Å². The summed E-state index contributed by atoms with van der Waals surface area (Å²) in [6.45, 7) is 8.52. The minimum atomic E-state index is 0.692. The van der Waals surface area contributed by atoms with Crippen molar-refractivity contribution < 1.29 is 4.74 Å². The number of aromatic nitrogens is 1. The van der Waals surface area contributed by atoms with Gasteiger partial charge < -0.3 is 9.64 Å². The molecule has 0 spiro atoms. The molecule has 0 N–H and O–H groups in total. The number of hydrogen-bond donors (Lipinski definition) is 0. The molecule has 18 heavy (non-hydrogen) atoms. The molecule has 0 unspecified atom stereocenters. The minimum absolute atomic E-state index is 0.692. The SMILES string of the molecule is CC(C)Cc1ncc(CN(C)C[C@@H]2CCOC2)s1. The number of rotatable bonds is 6. The first kappa shape index (κ1) is 14.0. The predicted octanol–water partition coefficient (Wildman–Crippen LogP) is 2.81. The summed E-state index contributed by atoms with van der Waals surface area (Å²) in [6, 6.07) is 0. The van der Waals surface area contributed by atoms with Crippen molar-refractivity contribution in [2.24, 2.45) is 11.8 Å². The summed E-state index contributed by atoms with van der Waals surface area (Å²) in [7, 11) is 2.19. The fraction of sp³-hybridized carbons (Fsp3) is 0.786. The lowest BCUT2D eigenvalue weighted by atomic mass is 10.1. The molecule has 2 heterocycles. The molecule has 0 aromatic carbocycles. The zero-order valence-corrected chi connectivity index (χ0v) is 12.5. The van der Waals surface area contributed by atoms with Crippen molar-refractivity contribution in [2.75, 3.05) is 26.8 Å². The molecule has 1 fully saturated rings. The van der Waals surface area contributed by atoms with Crippen LogP contribution in [-0.4, -0.2) is 36.7 Å². The number of thiazole rings is 1. The highest BCUT2D eigenvalue weighted by atomic mass is 32.1. The van der Waals surface area contributed by atoms with E-state index in [4.69, 9.17) is 4.74 Å². The van der Waals surface area contributed by atoms with Gasteiger partial charge in [-0.2, -0.15) is 0 Å². The molecule has 1 aromatic rings. The summed E-state index contributed by atoms with van der Waals surface area (Å²) < 4.78 is 5.42. The van der Waals surface area contributed by atoms with Gasteiger partial charge in [-0.25, -0.2) is 4.98 Å². The highest BCUT2D eigenvalue weighted by molar-refractivity contribution is 7.11. The fourth-order valence-electron chi connectivity index (χ4n) is 2.36. The van der Waals surface area contributed by atoms with Gasteiger partial charge in [0, 0.05) is 37.2 Å². The van der Waals surface area contributed by atoms with E-state index in [0.717, 1.165) is 38.6 Å². The Kier molecular flexibility index (Phi) is 5.15. The van der Waals surface area contributed by atoms with Gasteiger partial charge in [0.15, 0.2) is 0 Å². The third-order valence-electron chi connectivity index (χ3n) is 3.20. The molecule has 4 heteroatoms. The summed E-state index contributed by atoms with van der Waals surface area (Å²) in [5, 5.41) is 1.28. The van der Waals surface area contributed by atoms with Crippen molar-refractivity contribution in [3.8, 4) is 0 Å². The maximum absolute atomic E-state index is 5.42. The normalized spacial score (nSPS) is 20.2. The van der Waals surface area contributed by atoms with E-state index < -0.39 is 0 Å². The van der Waals surface area contributed by atoms with Crippen LogP contribution in [0.5, 0.6) is 0 Å². The van der Waals surface area contributed by atoms with Crippen LogP contribution in [0.2, 0.25) is 0 Å². The molecule has 1 aliphatic heterocycles. The third kappa shape index (κ3) is 4.34. The van der Waals surface area contributed by atoms with Gasteiger partial charge in [0.25, 0.3) is 0 Å². The monoisotopic (exact) mass is 268 g/mol. The van der Waals surface area contributed by atoms with Gasteiger partial charge in [0.1, 0.15) is 0 Å². The number of ether oxygens (including phenoxy) is 1. The summed E-state index contributed by atoms with van der Waals surface area (Å²) in [5.41, 5.74) is 0. The van der Waals surface area contributed by atoms with E-state index in [2.05, 4.69) is 30.8 Å². The van der Waals surface area contributed by atoms with E-state index in [1.54, 1.807) is 0 Å². The predicted molar refractivity (Wildman–Crippen MR) is 75.9 cm³/mol. The Hall–Kier alpha value is -0.450. The topological polar surface area (TPSA) is 25.4 Å². The molecular formula is C14H24N2OS. The Bertz CT molecular complexity index is 358. The van der Waals surface area contributed by atoms with E-state index in [1.165, 1.54) is 16.3 Å². The van der Waals surface area contributed by atoms with Gasteiger partial charge in [-0.1, -0.05) is 13.8 Å². The van der Waals surface area contributed by atoms with Crippen molar-refractivity contribution >= 4 is 11.3 Å². The van der Waals surface area contributed by atoms with Gasteiger partial charge in [-0.3, -0.25) is 0 Å². The summed E-state index contributed by atoms with van der Waals surface area (Å²) in [4.78, 5) is 8.28. The number of hydrogen-bond acceptors (Lipinski definition) is 4. The third-order valence-corrected chi connectivity index (χ3v) is 4.21. The van der Waals surface area contributed by atoms with E-state index in [0.29, 0.717) is 5.92 Å². The second kappa shape index (κ2) is 6.64. The average Bonchev–Trinajstić information content (AvgIpc) is 2.89. The molecular weight excluding hydrogens is 244 g/mol. The Morgan fingerprint density at radius 1 is 1.56 bits per heavy atom. The second-order valence-corrected chi connectivity index (χ2v) is 6.94. The van der Waals surface area contributed by atoms with Crippen LogP contribution < -0.4 is 0 Å². The van der Waals surface area contributed by atoms with Crippen molar-refractivity contribution in [3.05, 3.63) is 16.1 Å². The van der Waals surface area contributed by atoms with Crippen LogP contribution in [0.3, 0.4) is 0 Å². The summed E-state index contributed by atoms with van der Waals surface area (Å²) in [6.07, 6.45) is 4.36. The van der Waals surface area contributed by atoms with Crippen LogP contribution in [0.1, 0.15) is 30.2 Å². The molecule has 1 aromatic heterocycles. The van der Waals surface area contributed by atoms with Crippen molar-refractivity contribution in [3.63, 3.8) is 0 Å². The van der Waals surface area contributed by atoms with E-state index >= 15 is 0 Å². The van der Waals surface area contributed by atoms with Crippen LogP contribution in [0.25, 0.3) is 0 Å². The second-order valence-electron chi connectivity index (χ2n) is 5.74. The van der Waals surface area contributed by atoms with E-state index in [-0.39, 0.29) is 0 Å². The molecule has 1 aliphatic rings. The standard InChI is InChI=1S/C14H24N2OS/c1-11(2)6-14-15-7-13(18-14)9-16(3)8-12-4-5-17-10-12/h7,11-12H,4-6,8-10H2,1-3H3/t12-/m0/s1. The molecule has 3 nitrogen and oxygen atoms in total. The first-order valence-electron chi connectivity index (χ1n) is 6.83. The molecule has 2 rings (SSSR count). The molecule has 1 atom stereocenters. The first-order chi connectivity index (χ1) is 8.63. The quantitative estimate of drug-likeness (QED) is 0.793. The summed E-state index contributed by atoms with van der Waals surface area (Å²) >= 11 is 1.86. The molecule has 0 saturated carbocycles. The van der Waals surface area contributed by atoms with E-state index in [9.17, 15) is 0 Å². The van der Waals surface area contributed by atoms with Gasteiger partial charge in [0.2, 0.25) is 0 Å². The Morgan fingerprint density at radius 2 is 2.39 bits per heavy atom. The Balaban J connectivity index is 1.79. The van der Waals surface area contributed by atoms with E-state index in [1.807, 2.05) is 17.5 Å². The maximum atomic E-state index is 5.42. The highest BCUT2D eigenvalue weighted by Crippen LogP contribution is 2.19. The zero-order chi connectivity index (χ0) is 13.0. The lowest BCUT2D eigenvalue weighted by Gasteiger charge is -2.18. The van der Waals surface area contributed by atoms with Crippen LogP contribution in [-0.2, 0) is 17.7 Å². The van der Waals surface area contributed by atoms with Crippen LogP contribution in [0, 0.1) is 11.8 Å². The zero-order valence-electron chi connectivity index (χ0n) is 11.7. The van der Waals surface area contributed by atoms with Crippen LogP contribution in [0.4, 0.5) is 0 Å². The molecule has 1 saturated heterocycles. The summed E-state index contributed by atoms with van der Waals surface area (Å²) in [5.74, 6) is 1.41. The minimum Gasteiger partial charge on any atom is -0.381 e. The highest BCUT2D eigenvalue weighted by Gasteiger charge is 2.17. The van der Waals surface area contributed by atoms with Crippen molar-refractivity contribution in [2.45, 2.75) is 33.2 Å². The van der Waals surface area contributed by atoms with Crippen molar-refractivity contribution in [1.29, 1.82) is 0 Å². The molecule has 0 amide bonds. The first-order valence-corrected chi connectivity index (χ1v) is 7.65. The Morgan fingerprint density at radius 3 is 3.06 bits per heavy atom. The molecule has 102 valence electrons. The number of nitrogens with zero attached hydrogens (tertiary/aromatic N) is 2. The van der Waals surface area contributed by atoms with Crippen LogP contribution in [0.15, 0.2) is 6.20 Å². The fourth-order valence-corrected chi connectivity index (χ4v) is 3.58. The van der Waals surface area contributed by atoms with Gasteiger partial charge >= 0.3 is 0 Å². The molecule has 0 radical (unpaired) electrons. The lowest BCUT2D eigenvalue weighted by molar-refractivity contribution is 0.173. The average molecular weight is 268 g/mol. The largest absolute Gasteiger partial charge is 0.381 e. The van der Waals surface area contributed by atoms with Gasteiger partial charge in [0.05, 0.1) is 11.6 Å².